The molecule has 1 aliphatic rings. The molecule has 0 heterocycles. The lowest BCUT2D eigenvalue weighted by Gasteiger charge is -1.93. The van der Waals surface area contributed by atoms with Crippen molar-refractivity contribution in [2.24, 2.45) is 0 Å². The van der Waals surface area contributed by atoms with E-state index >= 15 is 0 Å². The number of allylic oxidation sites excluding steroid dienone is 6. The van der Waals surface area contributed by atoms with E-state index in [0.717, 1.165) is 6.42 Å². The Labute approximate surface area is 75.7 Å². The van der Waals surface area contributed by atoms with Crippen molar-refractivity contribution in [2.45, 2.75) is 38.5 Å². The van der Waals surface area contributed by atoms with Gasteiger partial charge in [-0.1, -0.05) is 30.4 Å². The molecule has 65 valence electrons. The lowest BCUT2D eigenvalue weighted by atomic mass is 10.1. The second-order valence-electron chi connectivity index (χ2n) is 3.11. The Balaban J connectivity index is 2.31. The molecule has 0 amide bonds. The summed E-state index contributed by atoms with van der Waals surface area (Å²) in [6.45, 7) is 0. The number of hydrogen-bond donors (Lipinski definition) is 0. The fourth-order valence-electron chi connectivity index (χ4n) is 1.24. The molecule has 1 radical (unpaired) electrons. The van der Waals surface area contributed by atoms with Crippen molar-refractivity contribution in [3.63, 3.8) is 0 Å². The second-order valence-corrected chi connectivity index (χ2v) is 3.11. The zero-order valence-electron chi connectivity index (χ0n) is 7.63. The second kappa shape index (κ2) is 6.90. The molecule has 1 aliphatic carbocycles. The third-order valence-electron chi connectivity index (χ3n) is 1.97. The van der Waals surface area contributed by atoms with Gasteiger partial charge < -0.3 is 0 Å². The lowest BCUT2D eigenvalue weighted by Crippen LogP contribution is -1.74. The van der Waals surface area contributed by atoms with Gasteiger partial charge in [-0.2, -0.15) is 0 Å². The molecule has 0 unspecified atom stereocenters. The van der Waals surface area contributed by atoms with Crippen LogP contribution in [0.25, 0.3) is 0 Å². The van der Waals surface area contributed by atoms with Crippen LogP contribution in [0.4, 0.5) is 0 Å². The predicted octanol–water partition coefficient (Wildman–Crippen LogP) is 3.81. The summed E-state index contributed by atoms with van der Waals surface area (Å²) in [5.74, 6) is 0. The SMILES string of the molecule is [C]1=C/CCCC/C=C\CC\C=C/1. The molecular formula is C12H17. The van der Waals surface area contributed by atoms with Gasteiger partial charge in [0.15, 0.2) is 0 Å². The summed E-state index contributed by atoms with van der Waals surface area (Å²) in [5, 5.41) is 0. The smallest absolute Gasteiger partial charge is 0.0230 e. The maximum absolute atomic E-state index is 3.17. The minimum Gasteiger partial charge on any atom is -0.0885 e. The van der Waals surface area contributed by atoms with Crippen molar-refractivity contribution in [3.05, 3.63) is 36.5 Å². The van der Waals surface area contributed by atoms with Gasteiger partial charge in [0.2, 0.25) is 0 Å². The average molecular weight is 161 g/mol. The van der Waals surface area contributed by atoms with Gasteiger partial charge in [0.05, 0.1) is 0 Å². The summed E-state index contributed by atoms with van der Waals surface area (Å²) in [6.07, 6.45) is 21.5. The van der Waals surface area contributed by atoms with E-state index in [4.69, 9.17) is 0 Å². The summed E-state index contributed by atoms with van der Waals surface area (Å²) in [6, 6.07) is 0. The lowest BCUT2D eigenvalue weighted by molar-refractivity contribution is 0.759. The molecule has 0 aliphatic heterocycles. The molecule has 1 rings (SSSR count). The minimum atomic E-state index is 1.15. The molecule has 0 nitrogen and oxygen atoms in total. The van der Waals surface area contributed by atoms with Crippen LogP contribution in [0, 0.1) is 6.08 Å². The van der Waals surface area contributed by atoms with Crippen LogP contribution >= 0.6 is 0 Å². The summed E-state index contributed by atoms with van der Waals surface area (Å²) in [4.78, 5) is 0. The van der Waals surface area contributed by atoms with Gasteiger partial charge in [0, 0.05) is 0 Å². The van der Waals surface area contributed by atoms with Crippen LogP contribution in [0.5, 0.6) is 0 Å². The van der Waals surface area contributed by atoms with Crippen molar-refractivity contribution >= 4 is 0 Å². The zero-order valence-corrected chi connectivity index (χ0v) is 7.63. The molecule has 0 N–H and O–H groups in total. The first-order valence-electron chi connectivity index (χ1n) is 4.88. The zero-order chi connectivity index (χ0) is 8.49. The number of rotatable bonds is 0. The van der Waals surface area contributed by atoms with Gasteiger partial charge in [0.1, 0.15) is 0 Å². The van der Waals surface area contributed by atoms with Gasteiger partial charge in [0.25, 0.3) is 0 Å². The van der Waals surface area contributed by atoms with Gasteiger partial charge in [-0.3, -0.25) is 0 Å². The predicted molar refractivity (Wildman–Crippen MR) is 53.8 cm³/mol. The van der Waals surface area contributed by atoms with Crippen molar-refractivity contribution in [1.29, 1.82) is 0 Å². The van der Waals surface area contributed by atoms with Crippen molar-refractivity contribution < 1.29 is 0 Å². The van der Waals surface area contributed by atoms with Crippen LogP contribution in [0.3, 0.4) is 0 Å². The Kier molecular flexibility index (Phi) is 5.35. The Morgan fingerprint density at radius 2 is 1.50 bits per heavy atom. The molecule has 12 heavy (non-hydrogen) atoms. The monoisotopic (exact) mass is 161 g/mol. The maximum Gasteiger partial charge on any atom is -0.0230 e. The highest BCUT2D eigenvalue weighted by molar-refractivity contribution is 4.97. The topological polar surface area (TPSA) is 0 Å². The van der Waals surface area contributed by atoms with Gasteiger partial charge >= 0.3 is 0 Å². The van der Waals surface area contributed by atoms with Crippen LogP contribution in [0.1, 0.15) is 38.5 Å². The Hall–Kier alpha value is -0.780. The van der Waals surface area contributed by atoms with Crippen LogP contribution in [-0.2, 0) is 0 Å². The van der Waals surface area contributed by atoms with Gasteiger partial charge in [-0.25, -0.2) is 0 Å². The fourth-order valence-corrected chi connectivity index (χ4v) is 1.24. The molecule has 0 atom stereocenters. The van der Waals surface area contributed by atoms with E-state index in [1.165, 1.54) is 32.1 Å². The summed E-state index contributed by atoms with van der Waals surface area (Å²) in [5.41, 5.74) is 0. The van der Waals surface area contributed by atoms with Crippen molar-refractivity contribution in [2.75, 3.05) is 0 Å². The fraction of sp³-hybridized carbons (Fsp3) is 0.500. The molecule has 0 aromatic rings. The Morgan fingerprint density at radius 3 is 2.50 bits per heavy atom. The van der Waals surface area contributed by atoms with Crippen molar-refractivity contribution in [1.82, 2.24) is 0 Å². The first-order valence-corrected chi connectivity index (χ1v) is 4.88. The highest BCUT2D eigenvalue weighted by Gasteiger charge is 1.84. The van der Waals surface area contributed by atoms with E-state index in [1.807, 2.05) is 6.08 Å². The molecule has 0 saturated carbocycles. The summed E-state index contributed by atoms with van der Waals surface area (Å²) >= 11 is 0. The summed E-state index contributed by atoms with van der Waals surface area (Å²) in [7, 11) is 0. The van der Waals surface area contributed by atoms with E-state index < -0.39 is 0 Å². The maximum atomic E-state index is 3.17. The third kappa shape index (κ3) is 4.95. The molecule has 0 heteroatoms. The molecule has 0 saturated heterocycles. The van der Waals surface area contributed by atoms with E-state index in [9.17, 15) is 0 Å². The van der Waals surface area contributed by atoms with E-state index in [1.54, 1.807) is 0 Å². The highest BCUT2D eigenvalue weighted by Crippen LogP contribution is 2.04. The molecule has 0 spiro atoms. The van der Waals surface area contributed by atoms with Crippen LogP contribution in [0.15, 0.2) is 30.4 Å². The van der Waals surface area contributed by atoms with E-state index in [2.05, 4.69) is 30.4 Å². The normalized spacial score (nSPS) is 28.0. The van der Waals surface area contributed by atoms with Gasteiger partial charge in [-0.05, 0) is 44.6 Å². The van der Waals surface area contributed by atoms with Crippen molar-refractivity contribution in [3.8, 4) is 0 Å². The van der Waals surface area contributed by atoms with E-state index in [0.29, 0.717) is 0 Å². The standard InChI is InChI=1S/C12H17/c1-2-4-6-8-10-12-11-9-7-5-3-1/h1-2,7,9,12H,3-6,8,10H2/b2-1-,9-7-,12-11?. The molecule has 0 bridgehead atoms. The Bertz CT molecular complexity index is 172. The van der Waals surface area contributed by atoms with Gasteiger partial charge in [-0.15, -0.1) is 0 Å². The first kappa shape index (κ1) is 9.31. The first-order chi connectivity index (χ1) is 6.00. The van der Waals surface area contributed by atoms with Crippen LogP contribution in [0.2, 0.25) is 0 Å². The Morgan fingerprint density at radius 1 is 0.750 bits per heavy atom. The minimum absolute atomic E-state index is 1.15. The van der Waals surface area contributed by atoms with Crippen LogP contribution < -0.4 is 0 Å². The summed E-state index contributed by atoms with van der Waals surface area (Å²) < 4.78 is 0. The molecule has 0 aromatic heterocycles. The average Bonchev–Trinajstić information content (AvgIpc) is 2.05. The highest BCUT2D eigenvalue weighted by atomic mass is 13.9. The van der Waals surface area contributed by atoms with Crippen LogP contribution in [-0.4, -0.2) is 0 Å². The molecule has 0 aromatic carbocycles. The third-order valence-corrected chi connectivity index (χ3v) is 1.97. The molecular weight excluding hydrogens is 144 g/mol. The quantitative estimate of drug-likeness (QED) is 0.474. The molecule has 0 fully saturated rings. The largest absolute Gasteiger partial charge is 0.0885 e. The number of hydrogen-bond acceptors (Lipinski definition) is 0. The van der Waals surface area contributed by atoms with E-state index in [-0.39, 0.29) is 0 Å².